The van der Waals surface area contributed by atoms with Crippen LogP contribution in [0.15, 0.2) is 27.1 Å². The molecule has 6 nitrogen and oxygen atoms in total. The van der Waals surface area contributed by atoms with Crippen molar-refractivity contribution in [3.8, 4) is 0 Å². The molecule has 0 aromatic rings. The van der Waals surface area contributed by atoms with E-state index in [-0.39, 0.29) is 0 Å². The Bertz CT molecular complexity index is 621. The van der Waals surface area contributed by atoms with Crippen LogP contribution in [0.2, 0.25) is 0 Å². The Labute approximate surface area is 150 Å². The Morgan fingerprint density at radius 3 is 0.417 bits per heavy atom. The van der Waals surface area contributed by atoms with Crippen LogP contribution in [0.25, 0.3) is 0 Å². The van der Waals surface area contributed by atoms with Crippen molar-refractivity contribution in [2.45, 2.75) is 0 Å². The third-order valence-corrected chi connectivity index (χ3v) is 23.6. The highest BCUT2D eigenvalue weighted by Gasteiger charge is 2.20. The van der Waals surface area contributed by atoms with E-state index in [1.165, 1.54) is 0 Å². The zero-order chi connectivity index (χ0) is 19.2. The zero-order valence-electron chi connectivity index (χ0n) is 17.4. The van der Waals surface area contributed by atoms with Crippen LogP contribution >= 0.6 is 43.2 Å². The van der Waals surface area contributed by atoms with Crippen LogP contribution in [0.4, 0.5) is 0 Å². The van der Waals surface area contributed by atoms with E-state index in [1.807, 2.05) is 0 Å². The molecule has 0 aromatic carbocycles. The molecule has 1 heterocycles. The van der Waals surface area contributed by atoms with E-state index in [9.17, 15) is 0 Å². The van der Waals surface area contributed by atoms with E-state index in [0.29, 0.717) is 0 Å². The van der Waals surface area contributed by atoms with Crippen molar-refractivity contribution in [3.63, 3.8) is 0 Å². The third kappa shape index (κ3) is 8.38. The number of rotatable bonds is 0. The number of hydrogen-bond donors (Lipinski definition) is 0. The second-order valence-electron chi connectivity index (χ2n) is 8.56. The molecule has 0 atom stereocenters. The summed E-state index contributed by atoms with van der Waals surface area (Å²) in [7, 11) is -10.5. The fourth-order valence-electron chi connectivity index (χ4n) is 3.32. The molecular formula is C12H36N6P6. The quantitative estimate of drug-likeness (QED) is 0.333. The lowest BCUT2D eigenvalue weighted by atomic mass is 11.9. The van der Waals surface area contributed by atoms with Crippen LogP contribution < -0.4 is 0 Å². The second kappa shape index (κ2) is 7.08. The standard InChI is InChI=1S/C12H36N6P6/c1-19(2)13-20(3,4)15-22(7,8)17-24(11,12)18-23(9,10)16-21(5,6)14-19/h1-12H3. The number of nitrogens with zero attached hydrogens (tertiary/aromatic N) is 6. The Kier molecular flexibility index (Phi) is 6.91. The summed E-state index contributed by atoms with van der Waals surface area (Å²) in [6.45, 7) is 26.3. The lowest BCUT2D eigenvalue weighted by Gasteiger charge is -2.26. The first-order valence-corrected chi connectivity index (χ1v) is 23.3. The van der Waals surface area contributed by atoms with Crippen LogP contribution in [0.1, 0.15) is 0 Å². The second-order valence-corrected chi connectivity index (χ2v) is 28.9. The average Bonchev–Trinajstić information content (AvgIpc) is 1.98. The molecular weight excluding hydrogens is 414 g/mol. The van der Waals surface area contributed by atoms with Crippen LogP contribution in [0.3, 0.4) is 0 Å². The highest BCUT2D eigenvalue weighted by Crippen LogP contribution is 2.72. The van der Waals surface area contributed by atoms with Gasteiger partial charge in [0.25, 0.3) is 0 Å². The lowest BCUT2D eigenvalue weighted by molar-refractivity contribution is 1.62. The van der Waals surface area contributed by atoms with Gasteiger partial charge in [-0.05, 0) is 80.0 Å². The summed E-state index contributed by atoms with van der Waals surface area (Å²) < 4.78 is 31.1. The molecule has 0 unspecified atom stereocenters. The maximum absolute atomic E-state index is 5.18. The van der Waals surface area contributed by atoms with Gasteiger partial charge in [-0.2, -0.15) is 0 Å². The minimum Gasteiger partial charge on any atom is -0.242 e. The zero-order valence-corrected chi connectivity index (χ0v) is 22.7. The van der Waals surface area contributed by atoms with E-state index in [4.69, 9.17) is 27.1 Å². The molecule has 1 rings (SSSR count). The van der Waals surface area contributed by atoms with Gasteiger partial charge in [-0.15, -0.1) is 0 Å². The molecule has 0 amide bonds. The fraction of sp³-hybridized carbons (Fsp3) is 1.00. The molecule has 1 aliphatic heterocycles. The smallest absolute Gasteiger partial charge is 0.0750 e. The molecule has 0 fully saturated rings. The lowest BCUT2D eigenvalue weighted by Crippen LogP contribution is -1.82. The Morgan fingerprint density at radius 2 is 0.333 bits per heavy atom. The monoisotopic (exact) mass is 450 g/mol. The van der Waals surface area contributed by atoms with Gasteiger partial charge in [-0.1, -0.05) is 0 Å². The summed E-state index contributed by atoms with van der Waals surface area (Å²) in [5, 5.41) is 0. The normalized spacial score (nSPS) is 29.5. The van der Waals surface area contributed by atoms with E-state index >= 15 is 0 Å². The van der Waals surface area contributed by atoms with E-state index in [1.54, 1.807) is 0 Å². The molecule has 0 saturated heterocycles. The molecule has 12 heteroatoms. The number of hydrogen-bond acceptors (Lipinski definition) is 6. The first-order chi connectivity index (χ1) is 10.2. The first-order valence-electron chi connectivity index (χ1n) is 7.77. The maximum Gasteiger partial charge on any atom is 0.0750 e. The van der Waals surface area contributed by atoms with Gasteiger partial charge in [0.05, 0.1) is 43.2 Å². The van der Waals surface area contributed by atoms with Crippen molar-refractivity contribution < 1.29 is 0 Å². The predicted molar refractivity (Wildman–Crippen MR) is 127 cm³/mol. The van der Waals surface area contributed by atoms with Crippen molar-refractivity contribution in [2.75, 3.05) is 80.0 Å². The van der Waals surface area contributed by atoms with Crippen LogP contribution in [0.5, 0.6) is 0 Å². The first kappa shape index (κ1) is 23.4. The molecule has 0 radical (unpaired) electrons. The van der Waals surface area contributed by atoms with E-state index < -0.39 is 43.2 Å². The molecule has 0 aliphatic carbocycles. The summed E-state index contributed by atoms with van der Waals surface area (Å²) >= 11 is 0. The summed E-state index contributed by atoms with van der Waals surface area (Å²) in [6.07, 6.45) is 0. The average molecular weight is 450 g/mol. The van der Waals surface area contributed by atoms with E-state index in [0.717, 1.165) is 0 Å². The van der Waals surface area contributed by atoms with Crippen molar-refractivity contribution in [1.82, 2.24) is 0 Å². The molecule has 0 saturated carbocycles. The van der Waals surface area contributed by atoms with Crippen molar-refractivity contribution >= 4 is 43.2 Å². The third-order valence-electron chi connectivity index (χ3n) is 2.63. The van der Waals surface area contributed by atoms with Gasteiger partial charge in [0, 0.05) is 0 Å². The van der Waals surface area contributed by atoms with Crippen LogP contribution in [-0.2, 0) is 0 Å². The molecule has 0 spiro atoms. The minimum absolute atomic E-state index is 1.75. The molecule has 0 N–H and O–H groups in total. The Morgan fingerprint density at radius 1 is 0.250 bits per heavy atom. The summed E-state index contributed by atoms with van der Waals surface area (Å²) in [5.41, 5.74) is 0. The molecule has 0 bridgehead atoms. The van der Waals surface area contributed by atoms with Crippen molar-refractivity contribution in [3.05, 3.63) is 0 Å². The summed E-state index contributed by atoms with van der Waals surface area (Å²) in [4.78, 5) is 0. The largest absolute Gasteiger partial charge is 0.242 e. The maximum atomic E-state index is 5.18. The SMILES string of the molecule is CP1(C)=NP(C)(C)=NP(C)(C)=NP(C)(C)=NP(C)(C)=NP(C)(C)=N1. The molecule has 24 heavy (non-hydrogen) atoms. The van der Waals surface area contributed by atoms with Crippen LogP contribution in [-0.4, -0.2) is 80.0 Å². The Hall–Kier alpha value is 1.38. The molecule has 1 aliphatic rings. The van der Waals surface area contributed by atoms with Gasteiger partial charge >= 0.3 is 0 Å². The highest BCUT2D eigenvalue weighted by atomic mass is 31.3. The topological polar surface area (TPSA) is 74.2 Å². The van der Waals surface area contributed by atoms with Gasteiger partial charge in [-0.25, -0.2) is 27.1 Å². The van der Waals surface area contributed by atoms with Gasteiger partial charge in [0.1, 0.15) is 0 Å². The molecule has 0 aromatic heterocycles. The van der Waals surface area contributed by atoms with Crippen molar-refractivity contribution in [1.29, 1.82) is 0 Å². The summed E-state index contributed by atoms with van der Waals surface area (Å²) in [6, 6.07) is 0. The van der Waals surface area contributed by atoms with Crippen LogP contribution in [0, 0.1) is 0 Å². The summed E-state index contributed by atoms with van der Waals surface area (Å²) in [5.74, 6) is 0. The minimum atomic E-state index is -1.75. The molecule has 144 valence electrons. The van der Waals surface area contributed by atoms with Gasteiger partial charge in [0.15, 0.2) is 0 Å². The Balaban J connectivity index is 4.07. The van der Waals surface area contributed by atoms with Crippen molar-refractivity contribution in [2.24, 2.45) is 27.1 Å². The van der Waals surface area contributed by atoms with Gasteiger partial charge in [0.2, 0.25) is 0 Å². The van der Waals surface area contributed by atoms with E-state index in [2.05, 4.69) is 80.0 Å². The fourth-order valence-corrected chi connectivity index (χ4v) is 31.8. The van der Waals surface area contributed by atoms with Gasteiger partial charge in [-0.3, -0.25) is 0 Å². The predicted octanol–water partition coefficient (Wildman–Crippen LogP) is 8.25. The van der Waals surface area contributed by atoms with Gasteiger partial charge < -0.3 is 0 Å². The highest BCUT2D eigenvalue weighted by molar-refractivity contribution is 7.86.